The van der Waals surface area contributed by atoms with Gasteiger partial charge in [0.2, 0.25) is 11.8 Å². The second kappa shape index (κ2) is 13.0. The second-order valence-electron chi connectivity index (χ2n) is 14.5. The lowest BCUT2D eigenvalue weighted by Gasteiger charge is -2.35. The van der Waals surface area contributed by atoms with Crippen LogP contribution in [0.5, 0.6) is 5.88 Å². The number of fused-ring (bicyclic) bond motifs is 4. The molecule has 3 aromatic heterocycles. The first-order valence-corrected chi connectivity index (χ1v) is 18.3. The predicted octanol–water partition coefficient (Wildman–Crippen LogP) is 7.06. The number of hydrogen-bond acceptors (Lipinski definition) is 8. The molecular weight excluding hydrogens is 651 g/mol. The molecule has 5 aromatic rings. The maximum atomic E-state index is 14.5. The molecule has 2 aliphatic rings. The Bertz CT molecular complexity index is 2150. The van der Waals surface area contributed by atoms with Crippen LogP contribution in [0.2, 0.25) is 0 Å². The first kappa shape index (κ1) is 33.4. The fourth-order valence-electron chi connectivity index (χ4n) is 6.61. The maximum absolute atomic E-state index is 14.5. The van der Waals surface area contributed by atoms with Crippen molar-refractivity contribution >= 4 is 21.9 Å². The molecule has 50 heavy (non-hydrogen) atoms. The van der Waals surface area contributed by atoms with Gasteiger partial charge in [-0.3, -0.25) is 14.9 Å². The van der Waals surface area contributed by atoms with Crippen LogP contribution in [0, 0.1) is 19.3 Å². The molecule has 1 amide bonds. The molecule has 2 aromatic carbocycles. The highest BCUT2D eigenvalue weighted by Gasteiger charge is 2.32. The van der Waals surface area contributed by atoms with Crippen LogP contribution in [0.25, 0.3) is 22.4 Å². The number of carbonyl (C=O) groups excluding carboxylic acids is 1. The Morgan fingerprint density at radius 2 is 1.70 bits per heavy atom. The van der Waals surface area contributed by atoms with E-state index in [1.807, 2.05) is 56.6 Å². The van der Waals surface area contributed by atoms with E-state index in [-0.39, 0.29) is 46.8 Å². The summed E-state index contributed by atoms with van der Waals surface area (Å²) >= 11 is 0. The van der Waals surface area contributed by atoms with Crippen molar-refractivity contribution in [3.05, 3.63) is 101 Å². The van der Waals surface area contributed by atoms with Crippen molar-refractivity contribution < 1.29 is 17.9 Å². The molecule has 7 rings (SSSR count). The molecule has 0 saturated heterocycles. The summed E-state index contributed by atoms with van der Waals surface area (Å²) in [5, 5.41) is 7.42. The number of pyridine rings is 1. The molecule has 0 unspecified atom stereocenters. The van der Waals surface area contributed by atoms with Gasteiger partial charge in [-0.25, -0.2) is 18.1 Å². The molecule has 4 heterocycles. The van der Waals surface area contributed by atoms with Crippen LogP contribution < -0.4 is 9.46 Å². The minimum Gasteiger partial charge on any atom is -0.475 e. The Morgan fingerprint density at radius 3 is 2.40 bits per heavy atom. The van der Waals surface area contributed by atoms with Crippen LogP contribution >= 0.6 is 0 Å². The van der Waals surface area contributed by atoms with Crippen LogP contribution in [-0.2, 0) is 16.6 Å². The highest BCUT2D eigenvalue weighted by Crippen LogP contribution is 2.43. The Hall–Kier alpha value is -5.10. The number of amides is 1. The van der Waals surface area contributed by atoms with Crippen LogP contribution in [0.4, 0.5) is 5.95 Å². The standard InChI is InChI=1S/C38H41N7O4S/c1-23-8-6-9-24(2)34(23)32-17-33-42-37(41-32)44-50(47,48)30-11-7-10-26(16-30)36(46)45(29(22-49-33)18-38(3,4)5)21-28-15-14-27(19-39-28)31-20-40-43-35(31)25-12-13-25/h6-11,14-17,19-20,25,29H,12-13,18,21-22H2,1-5H3,(H,40,43)(H,41,42,44)/t29-/m1/s1. The van der Waals surface area contributed by atoms with Gasteiger partial charge in [-0.2, -0.15) is 10.1 Å². The van der Waals surface area contributed by atoms with Gasteiger partial charge in [0.05, 0.1) is 35.1 Å². The largest absolute Gasteiger partial charge is 0.475 e. The van der Waals surface area contributed by atoms with Crippen molar-refractivity contribution in [2.45, 2.75) is 77.3 Å². The summed E-state index contributed by atoms with van der Waals surface area (Å²) in [5.41, 5.74) is 7.22. The van der Waals surface area contributed by atoms with Crippen molar-refractivity contribution in [2.24, 2.45) is 5.41 Å². The monoisotopic (exact) mass is 691 g/mol. The van der Waals surface area contributed by atoms with E-state index in [0.29, 0.717) is 23.7 Å². The van der Waals surface area contributed by atoms with Gasteiger partial charge in [0, 0.05) is 46.1 Å². The second-order valence-corrected chi connectivity index (χ2v) is 16.2. The molecule has 1 fully saturated rings. The molecule has 2 N–H and O–H groups in total. The van der Waals surface area contributed by atoms with E-state index in [0.717, 1.165) is 46.4 Å². The summed E-state index contributed by atoms with van der Waals surface area (Å²) in [6.45, 7) is 10.6. The molecule has 4 bridgehead atoms. The van der Waals surface area contributed by atoms with E-state index >= 15 is 0 Å². The van der Waals surface area contributed by atoms with Crippen molar-refractivity contribution in [3.63, 3.8) is 0 Å². The first-order valence-electron chi connectivity index (χ1n) is 16.9. The number of nitrogens with zero attached hydrogens (tertiary/aromatic N) is 5. The Balaban J connectivity index is 1.30. The summed E-state index contributed by atoms with van der Waals surface area (Å²) in [4.78, 5) is 30.1. The van der Waals surface area contributed by atoms with Gasteiger partial charge in [-0.1, -0.05) is 51.1 Å². The Kier molecular flexibility index (Phi) is 8.67. The zero-order valence-electron chi connectivity index (χ0n) is 28.9. The number of rotatable bonds is 6. The number of carbonyl (C=O) groups is 1. The zero-order valence-corrected chi connectivity index (χ0v) is 29.7. The third-order valence-electron chi connectivity index (χ3n) is 9.15. The SMILES string of the molecule is Cc1cccc(C)c1-c1cc2nc(n1)NS(=O)(=O)c1cccc(c1)C(=O)N(Cc1ccc(-c3cn[nH]c3C3CC3)cn1)[C@H](CC(C)(C)C)CO2. The number of aromatic amines is 1. The molecule has 258 valence electrons. The average Bonchev–Trinajstić information content (AvgIpc) is 3.80. The molecular formula is C38H41N7O4S. The Labute approximate surface area is 292 Å². The Morgan fingerprint density at radius 1 is 0.940 bits per heavy atom. The minimum atomic E-state index is -4.17. The average molecular weight is 692 g/mol. The number of ether oxygens (including phenoxy) is 1. The smallest absolute Gasteiger partial charge is 0.264 e. The van der Waals surface area contributed by atoms with E-state index in [1.165, 1.54) is 12.1 Å². The number of aromatic nitrogens is 5. The number of sulfonamides is 1. The van der Waals surface area contributed by atoms with Gasteiger partial charge < -0.3 is 9.64 Å². The normalized spacial score (nSPS) is 17.6. The van der Waals surface area contributed by atoms with Crippen molar-refractivity contribution in [1.82, 2.24) is 30.0 Å². The maximum Gasteiger partial charge on any atom is 0.264 e. The van der Waals surface area contributed by atoms with E-state index in [2.05, 4.69) is 45.7 Å². The third-order valence-corrected chi connectivity index (χ3v) is 10.5. The van der Waals surface area contributed by atoms with Gasteiger partial charge in [0.15, 0.2) is 0 Å². The highest BCUT2D eigenvalue weighted by molar-refractivity contribution is 7.92. The van der Waals surface area contributed by atoms with E-state index < -0.39 is 16.1 Å². The fraction of sp³-hybridized carbons (Fsp3) is 0.342. The summed E-state index contributed by atoms with van der Waals surface area (Å²) in [6, 6.07) is 17.2. The van der Waals surface area contributed by atoms with Crippen molar-refractivity contribution in [1.29, 1.82) is 0 Å². The number of hydrogen-bond donors (Lipinski definition) is 2. The molecule has 1 aliphatic heterocycles. The summed E-state index contributed by atoms with van der Waals surface area (Å²) < 4.78 is 36.4. The minimum absolute atomic E-state index is 0.0764. The summed E-state index contributed by atoms with van der Waals surface area (Å²) in [7, 11) is -4.17. The zero-order chi connectivity index (χ0) is 35.2. The quantitative estimate of drug-likeness (QED) is 0.193. The molecule has 0 spiro atoms. The van der Waals surface area contributed by atoms with Gasteiger partial charge in [-0.05, 0) is 73.9 Å². The van der Waals surface area contributed by atoms with Crippen LogP contribution in [-0.4, -0.2) is 57.0 Å². The summed E-state index contributed by atoms with van der Waals surface area (Å²) in [5.74, 6) is 0.255. The number of anilines is 1. The summed E-state index contributed by atoms with van der Waals surface area (Å²) in [6.07, 6.45) is 6.55. The van der Waals surface area contributed by atoms with Gasteiger partial charge >= 0.3 is 0 Å². The molecule has 1 saturated carbocycles. The molecule has 0 radical (unpaired) electrons. The molecule has 1 atom stereocenters. The lowest BCUT2D eigenvalue weighted by Crippen LogP contribution is -2.45. The van der Waals surface area contributed by atoms with E-state index in [1.54, 1.807) is 23.1 Å². The lowest BCUT2D eigenvalue weighted by atomic mass is 9.87. The molecule has 11 nitrogen and oxygen atoms in total. The van der Waals surface area contributed by atoms with Crippen LogP contribution in [0.15, 0.2) is 78.0 Å². The molecule has 1 aliphatic carbocycles. The van der Waals surface area contributed by atoms with Crippen LogP contribution in [0.1, 0.15) is 78.8 Å². The van der Waals surface area contributed by atoms with Crippen molar-refractivity contribution in [3.8, 4) is 28.3 Å². The molecule has 12 heteroatoms. The number of H-pyrrole nitrogens is 1. The number of aryl methyl sites for hydroxylation is 2. The van der Waals surface area contributed by atoms with Gasteiger partial charge in [0.25, 0.3) is 15.9 Å². The lowest BCUT2D eigenvalue weighted by molar-refractivity contribution is 0.0509. The first-order chi connectivity index (χ1) is 23.8. The fourth-order valence-corrected chi connectivity index (χ4v) is 7.60. The highest BCUT2D eigenvalue weighted by atomic mass is 32.2. The van der Waals surface area contributed by atoms with Crippen molar-refractivity contribution in [2.75, 3.05) is 11.3 Å². The third kappa shape index (κ3) is 7.11. The predicted molar refractivity (Wildman–Crippen MR) is 191 cm³/mol. The number of nitrogens with one attached hydrogen (secondary N) is 2. The van der Waals surface area contributed by atoms with E-state index in [4.69, 9.17) is 9.72 Å². The van der Waals surface area contributed by atoms with Crippen LogP contribution in [0.3, 0.4) is 0 Å². The van der Waals surface area contributed by atoms with E-state index in [9.17, 15) is 13.2 Å². The van der Waals surface area contributed by atoms with Gasteiger partial charge in [-0.15, -0.1) is 0 Å². The number of benzene rings is 2. The topological polar surface area (TPSA) is 143 Å². The van der Waals surface area contributed by atoms with Gasteiger partial charge in [0.1, 0.15) is 6.61 Å².